The van der Waals surface area contributed by atoms with Crippen LogP contribution in [0.1, 0.15) is 10.4 Å². The Kier molecular flexibility index (Phi) is 3.90. The summed E-state index contributed by atoms with van der Waals surface area (Å²) in [4.78, 5) is 25.6. The van der Waals surface area contributed by atoms with E-state index in [0.29, 0.717) is 0 Å². The quantitative estimate of drug-likeness (QED) is 0.536. The Morgan fingerprint density at radius 1 is 1.40 bits per heavy atom. The highest BCUT2D eigenvalue weighted by Crippen LogP contribution is 2.27. The summed E-state index contributed by atoms with van der Waals surface area (Å²) in [5.41, 5.74) is -0.906. The third kappa shape index (κ3) is 2.89. The number of nitro benzene ring substituents is 1. The van der Waals surface area contributed by atoms with E-state index in [1.165, 1.54) is 24.4 Å². The van der Waals surface area contributed by atoms with E-state index in [1.807, 2.05) is 0 Å². The van der Waals surface area contributed by atoms with E-state index >= 15 is 0 Å². The normalized spacial score (nSPS) is 10.1. The molecule has 20 heavy (non-hydrogen) atoms. The van der Waals surface area contributed by atoms with Gasteiger partial charge in [-0.15, -0.1) is 0 Å². The molecule has 0 saturated heterocycles. The molecule has 6 nitrogen and oxygen atoms in total. The molecule has 0 spiro atoms. The topological polar surface area (TPSA) is 85.1 Å². The molecule has 2 rings (SSSR count). The molecule has 0 aliphatic heterocycles. The number of pyridine rings is 1. The molecule has 102 valence electrons. The van der Waals surface area contributed by atoms with E-state index in [-0.39, 0.29) is 10.7 Å². The first-order valence-corrected chi connectivity index (χ1v) is 5.72. The molecule has 0 aliphatic carbocycles. The lowest BCUT2D eigenvalue weighted by molar-refractivity contribution is -0.384. The second kappa shape index (κ2) is 5.62. The van der Waals surface area contributed by atoms with Crippen LogP contribution in [0.4, 0.5) is 15.8 Å². The van der Waals surface area contributed by atoms with Crippen molar-refractivity contribution in [2.75, 3.05) is 5.32 Å². The molecule has 0 fully saturated rings. The number of para-hydroxylation sites is 1. The number of nitrogens with one attached hydrogen (secondary N) is 1. The summed E-state index contributed by atoms with van der Waals surface area (Å²) in [6.45, 7) is 0. The summed E-state index contributed by atoms with van der Waals surface area (Å²) < 4.78 is 13.6. The Labute approximate surface area is 117 Å². The molecule has 1 heterocycles. The summed E-state index contributed by atoms with van der Waals surface area (Å²) in [6.07, 6.45) is 1.30. The molecular weight excluding hydrogens is 289 g/mol. The SMILES string of the molecule is O=C(Nc1c(F)cccc1[N+](=O)[O-])c1ccnc(Cl)c1. The molecule has 0 saturated carbocycles. The van der Waals surface area contributed by atoms with E-state index in [2.05, 4.69) is 10.3 Å². The fraction of sp³-hybridized carbons (Fsp3) is 0. The van der Waals surface area contributed by atoms with Crippen LogP contribution in [0.15, 0.2) is 36.5 Å². The van der Waals surface area contributed by atoms with Crippen LogP contribution in [0.5, 0.6) is 0 Å². The standard InChI is InChI=1S/C12H7ClFN3O3/c13-10-6-7(4-5-15-10)12(18)16-11-8(14)2-1-3-9(11)17(19)20/h1-6H,(H,16,18). The van der Waals surface area contributed by atoms with Gasteiger partial charge in [-0.25, -0.2) is 9.37 Å². The third-order valence-electron chi connectivity index (χ3n) is 2.42. The molecule has 1 N–H and O–H groups in total. The van der Waals surface area contributed by atoms with Crippen molar-refractivity contribution in [3.8, 4) is 0 Å². The van der Waals surface area contributed by atoms with Gasteiger partial charge in [0.05, 0.1) is 4.92 Å². The van der Waals surface area contributed by atoms with Gasteiger partial charge >= 0.3 is 0 Å². The monoisotopic (exact) mass is 295 g/mol. The van der Waals surface area contributed by atoms with E-state index in [4.69, 9.17) is 11.6 Å². The molecule has 2 aromatic rings. The Morgan fingerprint density at radius 2 is 2.15 bits per heavy atom. The Morgan fingerprint density at radius 3 is 2.80 bits per heavy atom. The van der Waals surface area contributed by atoms with Gasteiger partial charge in [-0.05, 0) is 18.2 Å². The van der Waals surface area contributed by atoms with Crippen molar-refractivity contribution in [3.63, 3.8) is 0 Å². The summed E-state index contributed by atoms with van der Waals surface area (Å²) in [5.74, 6) is -1.62. The molecule has 1 amide bonds. The summed E-state index contributed by atoms with van der Waals surface area (Å²) in [5, 5.41) is 13.0. The minimum Gasteiger partial charge on any atom is -0.314 e. The van der Waals surface area contributed by atoms with E-state index in [1.54, 1.807) is 0 Å². The average Bonchev–Trinajstić information content (AvgIpc) is 2.40. The van der Waals surface area contributed by atoms with Crippen molar-refractivity contribution in [2.24, 2.45) is 0 Å². The van der Waals surface area contributed by atoms with E-state index in [9.17, 15) is 19.3 Å². The number of nitrogens with zero attached hydrogens (tertiary/aromatic N) is 2. The maximum atomic E-state index is 13.6. The Bertz CT molecular complexity index is 693. The number of rotatable bonds is 3. The molecule has 0 atom stereocenters. The zero-order valence-corrected chi connectivity index (χ0v) is 10.6. The zero-order chi connectivity index (χ0) is 14.7. The number of hydrogen-bond donors (Lipinski definition) is 1. The van der Waals surface area contributed by atoms with Gasteiger partial charge in [0.25, 0.3) is 11.6 Å². The van der Waals surface area contributed by atoms with Gasteiger partial charge in [0.2, 0.25) is 0 Å². The lowest BCUT2D eigenvalue weighted by Gasteiger charge is -2.07. The fourth-order valence-electron chi connectivity index (χ4n) is 1.52. The van der Waals surface area contributed by atoms with Crippen LogP contribution in [0.25, 0.3) is 0 Å². The zero-order valence-electron chi connectivity index (χ0n) is 9.84. The lowest BCUT2D eigenvalue weighted by atomic mass is 10.2. The predicted molar refractivity (Wildman–Crippen MR) is 70.3 cm³/mol. The number of anilines is 1. The highest BCUT2D eigenvalue weighted by atomic mass is 35.5. The highest BCUT2D eigenvalue weighted by molar-refractivity contribution is 6.29. The van der Waals surface area contributed by atoms with Crippen LogP contribution in [-0.2, 0) is 0 Å². The minimum absolute atomic E-state index is 0.0840. The van der Waals surface area contributed by atoms with Gasteiger partial charge in [-0.2, -0.15) is 0 Å². The van der Waals surface area contributed by atoms with Gasteiger partial charge in [-0.1, -0.05) is 17.7 Å². The van der Waals surface area contributed by atoms with Crippen molar-refractivity contribution in [2.45, 2.75) is 0 Å². The van der Waals surface area contributed by atoms with Crippen LogP contribution in [0, 0.1) is 15.9 Å². The smallest absolute Gasteiger partial charge is 0.295 e. The van der Waals surface area contributed by atoms with Crippen LogP contribution in [0.3, 0.4) is 0 Å². The van der Waals surface area contributed by atoms with Gasteiger partial charge in [0.15, 0.2) is 11.5 Å². The second-order valence-electron chi connectivity index (χ2n) is 3.71. The maximum absolute atomic E-state index is 13.6. The molecule has 0 aliphatic rings. The van der Waals surface area contributed by atoms with E-state index in [0.717, 1.165) is 12.1 Å². The van der Waals surface area contributed by atoms with Gasteiger partial charge in [0, 0.05) is 17.8 Å². The number of benzene rings is 1. The predicted octanol–water partition coefficient (Wildman–Crippen LogP) is 3.03. The Hall–Kier alpha value is -2.54. The molecule has 0 unspecified atom stereocenters. The summed E-state index contributed by atoms with van der Waals surface area (Å²) in [7, 11) is 0. The van der Waals surface area contributed by atoms with Crippen molar-refractivity contribution >= 4 is 28.9 Å². The first-order chi connectivity index (χ1) is 9.49. The average molecular weight is 296 g/mol. The maximum Gasteiger partial charge on any atom is 0.295 e. The summed E-state index contributed by atoms with van der Waals surface area (Å²) >= 11 is 5.63. The number of carbonyl (C=O) groups excluding carboxylic acids is 1. The number of halogens is 2. The van der Waals surface area contributed by atoms with Crippen molar-refractivity contribution in [3.05, 3.63) is 63.2 Å². The first-order valence-electron chi connectivity index (χ1n) is 5.35. The molecule has 1 aromatic carbocycles. The highest BCUT2D eigenvalue weighted by Gasteiger charge is 2.20. The van der Waals surface area contributed by atoms with Gasteiger partial charge < -0.3 is 5.32 Å². The molecular formula is C12H7ClFN3O3. The number of nitro groups is 1. The van der Waals surface area contributed by atoms with E-state index < -0.39 is 28.0 Å². The van der Waals surface area contributed by atoms with Gasteiger partial charge in [0.1, 0.15) is 5.15 Å². The molecule has 0 radical (unpaired) electrons. The fourth-order valence-corrected chi connectivity index (χ4v) is 1.69. The van der Waals surface area contributed by atoms with Crippen LogP contribution in [-0.4, -0.2) is 15.8 Å². The summed E-state index contributed by atoms with van der Waals surface area (Å²) in [6, 6.07) is 5.92. The number of hydrogen-bond acceptors (Lipinski definition) is 4. The lowest BCUT2D eigenvalue weighted by Crippen LogP contribution is -2.14. The van der Waals surface area contributed by atoms with Crippen LogP contribution >= 0.6 is 11.6 Å². The third-order valence-corrected chi connectivity index (χ3v) is 2.62. The van der Waals surface area contributed by atoms with Crippen molar-refractivity contribution in [1.29, 1.82) is 0 Å². The Balaban J connectivity index is 2.35. The van der Waals surface area contributed by atoms with Gasteiger partial charge in [-0.3, -0.25) is 14.9 Å². The number of amides is 1. The number of aromatic nitrogens is 1. The molecule has 1 aromatic heterocycles. The number of carbonyl (C=O) groups is 1. The van der Waals surface area contributed by atoms with Crippen molar-refractivity contribution in [1.82, 2.24) is 4.98 Å². The van der Waals surface area contributed by atoms with Crippen LogP contribution in [0.2, 0.25) is 5.15 Å². The largest absolute Gasteiger partial charge is 0.314 e. The minimum atomic E-state index is -0.896. The second-order valence-corrected chi connectivity index (χ2v) is 4.10. The first kappa shape index (κ1) is 13.9. The molecule has 0 bridgehead atoms. The van der Waals surface area contributed by atoms with Crippen molar-refractivity contribution < 1.29 is 14.1 Å². The van der Waals surface area contributed by atoms with Crippen LogP contribution < -0.4 is 5.32 Å². The molecule has 8 heteroatoms.